The van der Waals surface area contributed by atoms with Gasteiger partial charge in [0.15, 0.2) is 5.96 Å². The third-order valence-electron chi connectivity index (χ3n) is 5.01. The summed E-state index contributed by atoms with van der Waals surface area (Å²) in [5, 5.41) is 6.17. The highest BCUT2D eigenvalue weighted by atomic mass is 16.1. The van der Waals surface area contributed by atoms with Gasteiger partial charge in [0.2, 0.25) is 5.91 Å². The van der Waals surface area contributed by atoms with Crippen molar-refractivity contribution >= 4 is 11.9 Å². The maximum Gasteiger partial charge on any atom is 0.220 e. The number of likely N-dealkylation sites (tertiary alicyclic amines) is 1. The highest BCUT2D eigenvalue weighted by Crippen LogP contribution is 2.21. The summed E-state index contributed by atoms with van der Waals surface area (Å²) in [6.07, 6.45) is 2.71. The Morgan fingerprint density at radius 2 is 1.89 bits per heavy atom. The van der Waals surface area contributed by atoms with Gasteiger partial charge in [0.1, 0.15) is 0 Å². The molecule has 1 aromatic rings. The van der Waals surface area contributed by atoms with E-state index in [1.54, 1.807) is 7.05 Å². The molecule has 0 bridgehead atoms. The second kappa shape index (κ2) is 10.9. The summed E-state index contributed by atoms with van der Waals surface area (Å²) in [5.41, 5.74) is 2.60. The highest BCUT2D eigenvalue weighted by Gasteiger charge is 2.23. The third-order valence-corrected chi connectivity index (χ3v) is 5.01. The second-order valence-corrected chi connectivity index (χ2v) is 7.48. The number of hydrogen-bond acceptors (Lipinski definition) is 3. The summed E-state index contributed by atoms with van der Waals surface area (Å²) in [4.78, 5) is 21.0. The fourth-order valence-electron chi connectivity index (χ4n) is 3.51. The Morgan fingerprint density at radius 3 is 2.48 bits per heavy atom. The van der Waals surface area contributed by atoms with Gasteiger partial charge < -0.3 is 20.4 Å². The van der Waals surface area contributed by atoms with Gasteiger partial charge in [0.05, 0.1) is 6.54 Å². The molecule has 1 saturated heterocycles. The minimum Gasteiger partial charge on any atom is -0.359 e. The lowest BCUT2D eigenvalue weighted by Gasteiger charge is -2.34. The van der Waals surface area contributed by atoms with Crippen LogP contribution in [0.15, 0.2) is 29.3 Å². The number of nitrogens with one attached hydrogen (secondary N) is 2. The molecule has 6 heteroatoms. The van der Waals surface area contributed by atoms with Crippen LogP contribution in [0.25, 0.3) is 0 Å². The number of amides is 1. The van der Waals surface area contributed by atoms with Crippen molar-refractivity contribution in [2.75, 3.05) is 40.8 Å². The molecule has 150 valence electrons. The Morgan fingerprint density at radius 1 is 1.22 bits per heavy atom. The van der Waals surface area contributed by atoms with Crippen LogP contribution in [0.1, 0.15) is 37.3 Å². The SMILES string of the molecule is CCNC(=NCc1ccccc1CN(C)C)N1CCC(CC(=O)NC)CC1. The summed E-state index contributed by atoms with van der Waals surface area (Å²) >= 11 is 0. The number of guanidine groups is 1. The van der Waals surface area contributed by atoms with E-state index in [1.807, 2.05) is 0 Å². The predicted octanol–water partition coefficient (Wildman–Crippen LogP) is 2.06. The van der Waals surface area contributed by atoms with Crippen molar-refractivity contribution in [1.29, 1.82) is 0 Å². The number of nitrogens with zero attached hydrogens (tertiary/aromatic N) is 3. The maximum absolute atomic E-state index is 11.6. The molecule has 0 spiro atoms. The Kier molecular flexibility index (Phi) is 8.58. The molecule has 1 fully saturated rings. The highest BCUT2D eigenvalue weighted by molar-refractivity contribution is 5.80. The van der Waals surface area contributed by atoms with E-state index in [1.165, 1.54) is 11.1 Å². The minimum absolute atomic E-state index is 0.145. The summed E-state index contributed by atoms with van der Waals surface area (Å²) in [7, 11) is 5.89. The van der Waals surface area contributed by atoms with Crippen LogP contribution in [-0.4, -0.2) is 62.4 Å². The number of aliphatic imine (C=N–C) groups is 1. The van der Waals surface area contributed by atoms with Gasteiger partial charge in [0.25, 0.3) is 0 Å². The topological polar surface area (TPSA) is 60.0 Å². The molecule has 0 saturated carbocycles. The van der Waals surface area contributed by atoms with E-state index < -0.39 is 0 Å². The molecule has 1 amide bonds. The van der Waals surface area contributed by atoms with Crippen LogP contribution in [-0.2, 0) is 17.9 Å². The van der Waals surface area contributed by atoms with Crippen LogP contribution >= 0.6 is 0 Å². The lowest BCUT2D eigenvalue weighted by Crippen LogP contribution is -2.46. The van der Waals surface area contributed by atoms with E-state index in [9.17, 15) is 4.79 Å². The average molecular weight is 374 g/mol. The first kappa shape index (κ1) is 21.2. The monoisotopic (exact) mass is 373 g/mol. The molecule has 2 N–H and O–H groups in total. The van der Waals surface area contributed by atoms with Gasteiger partial charge in [-0.05, 0) is 50.9 Å². The van der Waals surface area contributed by atoms with Crippen LogP contribution in [0.4, 0.5) is 0 Å². The molecule has 0 unspecified atom stereocenters. The van der Waals surface area contributed by atoms with Crippen molar-refractivity contribution in [2.24, 2.45) is 10.9 Å². The largest absolute Gasteiger partial charge is 0.359 e. The van der Waals surface area contributed by atoms with E-state index in [0.717, 1.165) is 45.0 Å². The summed E-state index contributed by atoms with van der Waals surface area (Å²) in [5.74, 6) is 1.60. The molecule has 1 aromatic carbocycles. The maximum atomic E-state index is 11.6. The second-order valence-electron chi connectivity index (χ2n) is 7.48. The number of carbonyl (C=O) groups is 1. The third kappa shape index (κ3) is 6.86. The standard InChI is InChI=1S/C21H35N5O/c1-5-23-21(26-12-10-17(11-13-26)14-20(27)22-2)24-15-18-8-6-7-9-19(18)16-25(3)4/h6-9,17H,5,10-16H2,1-4H3,(H,22,27)(H,23,24). The van der Waals surface area contributed by atoms with Crippen molar-refractivity contribution in [3.05, 3.63) is 35.4 Å². The Balaban J connectivity index is 2.00. The number of rotatable bonds is 7. The molecule has 0 radical (unpaired) electrons. The smallest absolute Gasteiger partial charge is 0.220 e. The first-order valence-electron chi connectivity index (χ1n) is 9.98. The minimum atomic E-state index is 0.145. The molecule has 27 heavy (non-hydrogen) atoms. The molecule has 2 rings (SSSR count). The van der Waals surface area contributed by atoms with E-state index in [4.69, 9.17) is 4.99 Å². The van der Waals surface area contributed by atoms with Crippen LogP contribution in [0, 0.1) is 5.92 Å². The summed E-state index contributed by atoms with van der Waals surface area (Å²) in [6, 6.07) is 8.53. The van der Waals surface area contributed by atoms with Crippen LogP contribution in [0.2, 0.25) is 0 Å². The summed E-state index contributed by atoms with van der Waals surface area (Å²) in [6.45, 7) is 6.47. The van der Waals surface area contributed by atoms with Gasteiger partial charge in [0, 0.05) is 39.6 Å². The quantitative estimate of drug-likeness (QED) is 0.567. The molecule has 6 nitrogen and oxygen atoms in total. The van der Waals surface area contributed by atoms with E-state index in [2.05, 4.69) is 65.7 Å². The zero-order valence-electron chi connectivity index (χ0n) is 17.3. The molecule has 0 aromatic heterocycles. The zero-order valence-corrected chi connectivity index (χ0v) is 17.3. The Labute approximate surface area is 164 Å². The molecule has 1 heterocycles. The van der Waals surface area contributed by atoms with Crippen LogP contribution in [0.5, 0.6) is 0 Å². The molecule has 0 aliphatic carbocycles. The van der Waals surface area contributed by atoms with Crippen LogP contribution in [0.3, 0.4) is 0 Å². The molecule has 0 atom stereocenters. The first-order valence-corrected chi connectivity index (χ1v) is 9.98. The van der Waals surface area contributed by atoms with Gasteiger partial charge in [-0.15, -0.1) is 0 Å². The van der Waals surface area contributed by atoms with E-state index in [-0.39, 0.29) is 5.91 Å². The summed E-state index contributed by atoms with van der Waals surface area (Å²) < 4.78 is 0. The van der Waals surface area contributed by atoms with Crippen molar-refractivity contribution in [2.45, 2.75) is 39.3 Å². The number of benzene rings is 1. The van der Waals surface area contributed by atoms with Crippen molar-refractivity contribution < 1.29 is 4.79 Å². The average Bonchev–Trinajstić information content (AvgIpc) is 2.66. The van der Waals surface area contributed by atoms with E-state index in [0.29, 0.717) is 18.9 Å². The van der Waals surface area contributed by atoms with Crippen LogP contribution < -0.4 is 10.6 Å². The van der Waals surface area contributed by atoms with Crippen molar-refractivity contribution in [3.8, 4) is 0 Å². The Hall–Kier alpha value is -2.08. The van der Waals surface area contributed by atoms with Gasteiger partial charge >= 0.3 is 0 Å². The Bertz CT molecular complexity index is 621. The zero-order chi connectivity index (χ0) is 19.6. The number of carbonyl (C=O) groups excluding carboxylic acids is 1. The van der Waals surface area contributed by atoms with Gasteiger partial charge in [-0.1, -0.05) is 24.3 Å². The molecular formula is C21H35N5O. The van der Waals surface area contributed by atoms with Gasteiger partial charge in [-0.2, -0.15) is 0 Å². The van der Waals surface area contributed by atoms with Gasteiger partial charge in [-0.25, -0.2) is 4.99 Å². The predicted molar refractivity (Wildman–Crippen MR) is 112 cm³/mol. The molecule has 1 aliphatic heterocycles. The fourth-order valence-corrected chi connectivity index (χ4v) is 3.51. The van der Waals surface area contributed by atoms with Crippen molar-refractivity contribution in [3.63, 3.8) is 0 Å². The first-order chi connectivity index (χ1) is 13.0. The lowest BCUT2D eigenvalue weighted by atomic mass is 9.93. The fraction of sp³-hybridized carbons (Fsp3) is 0.619. The van der Waals surface area contributed by atoms with Crippen molar-refractivity contribution in [1.82, 2.24) is 20.4 Å². The molecular weight excluding hydrogens is 338 g/mol. The molecule has 1 aliphatic rings. The normalized spacial score (nSPS) is 15.9. The number of piperidine rings is 1. The van der Waals surface area contributed by atoms with Gasteiger partial charge in [-0.3, -0.25) is 4.79 Å². The number of hydrogen-bond donors (Lipinski definition) is 2. The lowest BCUT2D eigenvalue weighted by molar-refractivity contribution is -0.121. The van der Waals surface area contributed by atoms with E-state index >= 15 is 0 Å².